The van der Waals surface area contributed by atoms with Crippen molar-refractivity contribution in [2.24, 2.45) is 0 Å². The summed E-state index contributed by atoms with van der Waals surface area (Å²) in [5, 5.41) is 7.18. The van der Waals surface area contributed by atoms with Gasteiger partial charge in [-0.25, -0.2) is 0 Å². The number of carbonyl (C=O) groups excluding carboxylic acids is 1. The first kappa shape index (κ1) is 16.2. The second-order valence-electron chi connectivity index (χ2n) is 5.19. The Morgan fingerprint density at radius 1 is 1.38 bits per heavy atom. The molecular formula is C14H20Cl2N4O. The quantitative estimate of drug-likeness (QED) is 0.740. The lowest BCUT2D eigenvalue weighted by atomic mass is 10.1. The van der Waals surface area contributed by atoms with E-state index in [-0.39, 0.29) is 12.5 Å². The van der Waals surface area contributed by atoms with Crippen molar-refractivity contribution in [3.8, 4) is 0 Å². The highest BCUT2D eigenvalue weighted by atomic mass is 35.5. The van der Waals surface area contributed by atoms with E-state index in [2.05, 4.69) is 10.6 Å². The predicted molar refractivity (Wildman–Crippen MR) is 88.0 cm³/mol. The molecule has 0 saturated carbocycles. The van der Waals surface area contributed by atoms with Crippen LogP contribution in [0.5, 0.6) is 0 Å². The maximum atomic E-state index is 12.2. The second-order valence-corrected chi connectivity index (χ2v) is 6.01. The van der Waals surface area contributed by atoms with Crippen molar-refractivity contribution in [3.05, 3.63) is 22.2 Å². The van der Waals surface area contributed by atoms with Crippen molar-refractivity contribution in [1.29, 1.82) is 0 Å². The molecule has 0 aliphatic carbocycles. The van der Waals surface area contributed by atoms with Gasteiger partial charge >= 0.3 is 0 Å². The number of nitrogens with two attached hydrogens (primary N) is 1. The first-order valence-corrected chi connectivity index (χ1v) is 7.69. The lowest BCUT2D eigenvalue weighted by Gasteiger charge is -2.31. The lowest BCUT2D eigenvalue weighted by molar-refractivity contribution is -0.130. The van der Waals surface area contributed by atoms with Gasteiger partial charge < -0.3 is 21.3 Å². The van der Waals surface area contributed by atoms with E-state index in [4.69, 9.17) is 28.9 Å². The van der Waals surface area contributed by atoms with Gasteiger partial charge in [0.15, 0.2) is 0 Å². The van der Waals surface area contributed by atoms with E-state index >= 15 is 0 Å². The zero-order chi connectivity index (χ0) is 15.4. The first-order valence-electron chi connectivity index (χ1n) is 6.94. The Morgan fingerprint density at radius 3 is 2.71 bits per heavy atom. The van der Waals surface area contributed by atoms with Crippen molar-refractivity contribution in [3.63, 3.8) is 0 Å². The van der Waals surface area contributed by atoms with Crippen molar-refractivity contribution in [2.75, 3.05) is 37.7 Å². The topological polar surface area (TPSA) is 70.4 Å². The molecule has 0 aromatic heterocycles. The molecule has 1 aliphatic rings. The number of nitrogens with one attached hydrogen (secondary N) is 2. The molecule has 2 rings (SSSR count). The van der Waals surface area contributed by atoms with Crippen molar-refractivity contribution in [2.45, 2.75) is 18.9 Å². The molecule has 116 valence electrons. The summed E-state index contributed by atoms with van der Waals surface area (Å²) in [6.07, 6.45) is 1.97. The maximum Gasteiger partial charge on any atom is 0.241 e. The fourth-order valence-electron chi connectivity index (χ4n) is 2.39. The van der Waals surface area contributed by atoms with Crippen LogP contribution in [0.3, 0.4) is 0 Å². The minimum absolute atomic E-state index is 0.0333. The van der Waals surface area contributed by atoms with Crippen LogP contribution in [-0.4, -0.2) is 43.5 Å². The molecule has 1 saturated heterocycles. The Kier molecular flexibility index (Phi) is 5.56. The standard InChI is InChI=1S/C14H20Cl2N4O/c1-20(9-2-4-18-5-3-9)14(21)8-19-13-7-10(15)12(17)6-11(13)16/h6-7,9,18-19H,2-5,8,17H2,1H3. The number of rotatable bonds is 4. The average molecular weight is 331 g/mol. The number of halogens is 2. The second kappa shape index (κ2) is 7.20. The molecule has 1 aromatic rings. The zero-order valence-corrected chi connectivity index (χ0v) is 13.5. The summed E-state index contributed by atoms with van der Waals surface area (Å²) in [6, 6.07) is 3.51. The highest BCUT2D eigenvalue weighted by molar-refractivity contribution is 6.37. The molecule has 5 nitrogen and oxygen atoms in total. The number of hydrogen-bond donors (Lipinski definition) is 3. The van der Waals surface area contributed by atoms with Gasteiger partial charge in [0.25, 0.3) is 0 Å². The summed E-state index contributed by atoms with van der Waals surface area (Å²) in [5.74, 6) is 0.0333. The largest absolute Gasteiger partial charge is 0.397 e. The lowest BCUT2D eigenvalue weighted by Crippen LogP contribution is -2.45. The van der Waals surface area contributed by atoms with Gasteiger partial charge in [-0.1, -0.05) is 23.2 Å². The number of hydrogen-bond acceptors (Lipinski definition) is 4. The van der Waals surface area contributed by atoms with Crippen molar-refractivity contribution in [1.82, 2.24) is 10.2 Å². The van der Waals surface area contributed by atoms with Gasteiger partial charge in [0, 0.05) is 13.1 Å². The third-order valence-corrected chi connectivity index (χ3v) is 4.41. The highest BCUT2D eigenvalue weighted by Gasteiger charge is 2.21. The summed E-state index contributed by atoms with van der Waals surface area (Å²) >= 11 is 12.0. The predicted octanol–water partition coefficient (Wildman–Crippen LogP) is 2.20. The molecule has 1 aliphatic heterocycles. The fraction of sp³-hybridized carbons (Fsp3) is 0.500. The monoisotopic (exact) mass is 330 g/mol. The molecule has 1 aromatic carbocycles. The molecule has 0 bridgehead atoms. The number of piperidine rings is 1. The van der Waals surface area contributed by atoms with Gasteiger partial charge in [0.05, 0.1) is 28.0 Å². The third kappa shape index (κ3) is 4.15. The van der Waals surface area contributed by atoms with Crippen LogP contribution < -0.4 is 16.4 Å². The molecule has 7 heteroatoms. The van der Waals surface area contributed by atoms with Crippen molar-refractivity contribution >= 4 is 40.5 Å². The van der Waals surface area contributed by atoms with Gasteiger partial charge in [0.1, 0.15) is 0 Å². The summed E-state index contributed by atoms with van der Waals surface area (Å²) in [5.41, 5.74) is 6.70. The molecule has 0 radical (unpaired) electrons. The number of carbonyl (C=O) groups is 1. The number of nitrogen functional groups attached to an aromatic ring is 1. The van der Waals surface area contributed by atoms with Crippen molar-refractivity contribution < 1.29 is 4.79 Å². The number of nitrogens with zero attached hydrogens (tertiary/aromatic N) is 1. The van der Waals surface area contributed by atoms with Gasteiger partial charge in [0.2, 0.25) is 5.91 Å². The van der Waals surface area contributed by atoms with Gasteiger partial charge in [-0.05, 0) is 38.1 Å². The van der Waals surface area contributed by atoms with Crippen LogP contribution >= 0.6 is 23.2 Å². The SMILES string of the molecule is CN(C(=O)CNc1cc(Cl)c(N)cc1Cl)C1CCNCC1. The number of anilines is 2. The van der Waals surface area contributed by atoms with Crippen LogP contribution in [0.15, 0.2) is 12.1 Å². The van der Waals surface area contributed by atoms with E-state index in [1.165, 1.54) is 0 Å². The number of amides is 1. The Labute approximate surface area is 134 Å². The van der Waals surface area contributed by atoms with E-state index in [9.17, 15) is 4.79 Å². The van der Waals surface area contributed by atoms with Crippen LogP contribution in [0.2, 0.25) is 10.0 Å². The average Bonchev–Trinajstić information content (AvgIpc) is 2.49. The molecule has 0 unspecified atom stereocenters. The molecule has 0 spiro atoms. The Hall–Kier alpha value is -1.17. The molecular weight excluding hydrogens is 311 g/mol. The van der Waals surface area contributed by atoms with E-state index in [0.717, 1.165) is 25.9 Å². The molecule has 0 atom stereocenters. The highest BCUT2D eigenvalue weighted by Crippen LogP contribution is 2.30. The van der Waals surface area contributed by atoms with E-state index in [1.54, 1.807) is 17.0 Å². The zero-order valence-electron chi connectivity index (χ0n) is 12.0. The Morgan fingerprint density at radius 2 is 2.05 bits per heavy atom. The van der Waals surface area contributed by atoms with Crippen LogP contribution in [0.4, 0.5) is 11.4 Å². The normalized spacial score (nSPS) is 15.8. The summed E-state index contributed by atoms with van der Waals surface area (Å²) in [6.45, 7) is 2.09. The van der Waals surface area contributed by atoms with E-state index in [1.807, 2.05) is 7.05 Å². The van der Waals surface area contributed by atoms with E-state index < -0.39 is 0 Å². The molecule has 1 amide bonds. The molecule has 21 heavy (non-hydrogen) atoms. The molecule has 1 fully saturated rings. The van der Waals surface area contributed by atoms with Crippen LogP contribution in [-0.2, 0) is 4.79 Å². The molecule has 1 heterocycles. The van der Waals surface area contributed by atoms with Gasteiger partial charge in [-0.15, -0.1) is 0 Å². The van der Waals surface area contributed by atoms with Gasteiger partial charge in [-0.2, -0.15) is 0 Å². The molecule has 4 N–H and O–H groups in total. The number of likely N-dealkylation sites (N-methyl/N-ethyl adjacent to an activating group) is 1. The summed E-state index contributed by atoms with van der Waals surface area (Å²) < 4.78 is 0. The summed E-state index contributed by atoms with van der Waals surface area (Å²) in [7, 11) is 1.84. The first-order chi connectivity index (χ1) is 9.99. The fourth-order valence-corrected chi connectivity index (χ4v) is 2.79. The van der Waals surface area contributed by atoms with Crippen LogP contribution in [0.25, 0.3) is 0 Å². The smallest absolute Gasteiger partial charge is 0.241 e. The maximum absolute atomic E-state index is 12.2. The summed E-state index contributed by atoms with van der Waals surface area (Å²) in [4.78, 5) is 14.0. The van der Waals surface area contributed by atoms with Crippen LogP contribution in [0, 0.1) is 0 Å². The van der Waals surface area contributed by atoms with Gasteiger partial charge in [-0.3, -0.25) is 4.79 Å². The Balaban J connectivity index is 1.93. The Bertz CT molecular complexity index is 518. The van der Waals surface area contributed by atoms with E-state index in [0.29, 0.717) is 27.5 Å². The minimum Gasteiger partial charge on any atom is -0.397 e. The number of benzene rings is 1. The third-order valence-electron chi connectivity index (χ3n) is 3.77. The van der Waals surface area contributed by atoms with Crippen LogP contribution in [0.1, 0.15) is 12.8 Å². The minimum atomic E-state index is 0.0333.